The van der Waals surface area contributed by atoms with Crippen molar-refractivity contribution in [3.8, 4) is 0 Å². The molecule has 1 aliphatic rings. The van der Waals surface area contributed by atoms with E-state index in [2.05, 4.69) is 9.88 Å². The number of aliphatic hydroxyl groups is 2. The number of aromatic nitrogens is 1. The number of aliphatic hydroxyl groups excluding tert-OH is 2. The minimum Gasteiger partial charge on any atom is -0.444 e. The number of pyridine rings is 1. The van der Waals surface area contributed by atoms with E-state index < -0.39 is 11.7 Å². The van der Waals surface area contributed by atoms with Gasteiger partial charge in [0.1, 0.15) is 11.4 Å². The van der Waals surface area contributed by atoms with E-state index in [1.165, 1.54) is 0 Å². The molecular formula is C18H29N3O4. The summed E-state index contributed by atoms with van der Waals surface area (Å²) in [7, 11) is 0. The van der Waals surface area contributed by atoms with Crippen molar-refractivity contribution >= 4 is 11.9 Å². The largest absolute Gasteiger partial charge is 0.444 e. The maximum absolute atomic E-state index is 12.1. The van der Waals surface area contributed by atoms with Crippen molar-refractivity contribution in [2.75, 3.05) is 37.7 Å². The second-order valence-electron chi connectivity index (χ2n) is 7.48. The standard InChI is InChI=1S/C18H29N3O4/c1-13-9-14(10-15(23)12-22)11-19-16(13)20-5-7-21(8-6-20)17(24)25-18(2,3)4/h9,11,15,22-23H,5-8,10,12H2,1-4H3/t15-/m1/s1. The van der Waals surface area contributed by atoms with Gasteiger partial charge in [-0.05, 0) is 38.8 Å². The van der Waals surface area contributed by atoms with Crippen LogP contribution in [0.5, 0.6) is 0 Å². The summed E-state index contributed by atoms with van der Waals surface area (Å²) in [5.41, 5.74) is 1.44. The number of ether oxygens (including phenoxy) is 1. The van der Waals surface area contributed by atoms with Crippen LogP contribution in [0.2, 0.25) is 0 Å². The third-order valence-electron chi connectivity index (χ3n) is 4.02. The molecule has 2 rings (SSSR count). The number of aryl methyl sites for hydroxylation is 1. The van der Waals surface area contributed by atoms with Gasteiger partial charge in [0.15, 0.2) is 0 Å². The van der Waals surface area contributed by atoms with Gasteiger partial charge in [-0.3, -0.25) is 0 Å². The molecule has 2 N–H and O–H groups in total. The first-order chi connectivity index (χ1) is 11.7. The average molecular weight is 351 g/mol. The quantitative estimate of drug-likeness (QED) is 0.851. The molecule has 0 unspecified atom stereocenters. The first-order valence-corrected chi connectivity index (χ1v) is 8.67. The van der Waals surface area contributed by atoms with E-state index in [0.717, 1.165) is 16.9 Å². The Hall–Kier alpha value is -1.86. The molecule has 140 valence electrons. The fourth-order valence-corrected chi connectivity index (χ4v) is 2.83. The zero-order chi connectivity index (χ0) is 18.6. The third kappa shape index (κ3) is 5.57. The van der Waals surface area contributed by atoms with Gasteiger partial charge in [-0.2, -0.15) is 0 Å². The molecule has 0 saturated carbocycles. The molecule has 1 amide bonds. The van der Waals surface area contributed by atoms with Gasteiger partial charge < -0.3 is 24.7 Å². The number of piperazine rings is 1. The van der Waals surface area contributed by atoms with Gasteiger partial charge in [0, 0.05) is 38.8 Å². The summed E-state index contributed by atoms with van der Waals surface area (Å²) >= 11 is 0. The molecule has 1 fully saturated rings. The molecule has 1 aromatic heterocycles. The van der Waals surface area contributed by atoms with Crippen molar-refractivity contribution in [2.24, 2.45) is 0 Å². The Bertz CT molecular complexity index is 592. The maximum Gasteiger partial charge on any atom is 0.410 e. The lowest BCUT2D eigenvalue weighted by Crippen LogP contribution is -2.50. The van der Waals surface area contributed by atoms with Crippen molar-refractivity contribution in [1.29, 1.82) is 0 Å². The molecule has 7 nitrogen and oxygen atoms in total. The molecule has 1 aromatic rings. The van der Waals surface area contributed by atoms with Crippen molar-refractivity contribution in [1.82, 2.24) is 9.88 Å². The predicted molar refractivity (Wildman–Crippen MR) is 95.8 cm³/mol. The van der Waals surface area contributed by atoms with Gasteiger partial charge in [0.05, 0.1) is 12.7 Å². The fraction of sp³-hybridized carbons (Fsp3) is 0.667. The van der Waals surface area contributed by atoms with Gasteiger partial charge in [0.25, 0.3) is 0 Å². The van der Waals surface area contributed by atoms with Crippen LogP contribution in [0.25, 0.3) is 0 Å². The molecule has 0 radical (unpaired) electrons. The van der Waals surface area contributed by atoms with E-state index in [1.54, 1.807) is 11.1 Å². The highest BCUT2D eigenvalue weighted by atomic mass is 16.6. The number of carbonyl (C=O) groups excluding carboxylic acids is 1. The van der Waals surface area contributed by atoms with E-state index in [-0.39, 0.29) is 12.7 Å². The Balaban J connectivity index is 1.95. The van der Waals surface area contributed by atoms with E-state index >= 15 is 0 Å². The highest BCUT2D eigenvalue weighted by molar-refractivity contribution is 5.68. The summed E-state index contributed by atoms with van der Waals surface area (Å²) in [6, 6.07) is 1.99. The number of anilines is 1. The second-order valence-corrected chi connectivity index (χ2v) is 7.48. The van der Waals surface area contributed by atoms with Crippen molar-refractivity contribution in [3.63, 3.8) is 0 Å². The van der Waals surface area contributed by atoms with Crippen molar-refractivity contribution < 1.29 is 19.7 Å². The number of amides is 1. The van der Waals surface area contributed by atoms with Gasteiger partial charge in [-0.1, -0.05) is 6.07 Å². The Morgan fingerprint density at radius 3 is 2.48 bits per heavy atom. The summed E-state index contributed by atoms with van der Waals surface area (Å²) < 4.78 is 5.41. The molecule has 0 aromatic carbocycles. The summed E-state index contributed by atoms with van der Waals surface area (Å²) in [6.07, 6.45) is 1.09. The Kier molecular flexibility index (Phi) is 6.24. The average Bonchev–Trinajstić information content (AvgIpc) is 2.53. The fourth-order valence-electron chi connectivity index (χ4n) is 2.83. The first-order valence-electron chi connectivity index (χ1n) is 8.67. The van der Waals surface area contributed by atoms with Crippen LogP contribution >= 0.6 is 0 Å². The van der Waals surface area contributed by atoms with Crippen molar-refractivity contribution in [3.05, 3.63) is 23.4 Å². The highest BCUT2D eigenvalue weighted by Gasteiger charge is 2.26. The zero-order valence-electron chi connectivity index (χ0n) is 15.5. The molecule has 0 spiro atoms. The van der Waals surface area contributed by atoms with E-state index in [9.17, 15) is 9.90 Å². The molecule has 1 aliphatic heterocycles. The second kappa shape index (κ2) is 8.01. The number of hydrogen-bond donors (Lipinski definition) is 2. The van der Waals surface area contributed by atoms with Crippen LogP contribution in [-0.4, -0.2) is 70.7 Å². The lowest BCUT2D eigenvalue weighted by atomic mass is 10.1. The summed E-state index contributed by atoms with van der Waals surface area (Å²) in [6.45, 7) is 9.92. The Morgan fingerprint density at radius 2 is 1.96 bits per heavy atom. The normalized spacial score (nSPS) is 16.7. The summed E-state index contributed by atoms with van der Waals surface area (Å²) in [5.74, 6) is 0.895. The molecule has 2 heterocycles. The predicted octanol–water partition coefficient (Wildman–Crippen LogP) is 1.34. The lowest BCUT2D eigenvalue weighted by molar-refractivity contribution is 0.0240. The Labute approximate surface area is 149 Å². The zero-order valence-corrected chi connectivity index (χ0v) is 15.5. The van der Waals surface area contributed by atoms with E-state index in [0.29, 0.717) is 32.6 Å². The molecule has 25 heavy (non-hydrogen) atoms. The van der Waals surface area contributed by atoms with E-state index in [4.69, 9.17) is 9.84 Å². The highest BCUT2D eigenvalue weighted by Crippen LogP contribution is 2.21. The molecular weight excluding hydrogens is 322 g/mol. The van der Waals surface area contributed by atoms with Crippen LogP contribution in [0.15, 0.2) is 12.3 Å². The third-order valence-corrected chi connectivity index (χ3v) is 4.02. The van der Waals surface area contributed by atoms with Gasteiger partial charge >= 0.3 is 6.09 Å². The minimum absolute atomic E-state index is 0.257. The lowest BCUT2D eigenvalue weighted by Gasteiger charge is -2.36. The monoisotopic (exact) mass is 351 g/mol. The van der Waals surface area contributed by atoms with Crippen LogP contribution in [0.4, 0.5) is 10.6 Å². The molecule has 0 aliphatic carbocycles. The first kappa shape index (κ1) is 19.5. The van der Waals surface area contributed by atoms with Crippen molar-refractivity contribution in [2.45, 2.75) is 45.8 Å². The summed E-state index contributed by atoms with van der Waals surface area (Å²) in [5, 5.41) is 18.5. The molecule has 1 saturated heterocycles. The Morgan fingerprint density at radius 1 is 1.32 bits per heavy atom. The number of hydrogen-bond acceptors (Lipinski definition) is 6. The summed E-state index contributed by atoms with van der Waals surface area (Å²) in [4.78, 5) is 20.5. The molecule has 0 bridgehead atoms. The van der Waals surface area contributed by atoms with Gasteiger partial charge in [-0.25, -0.2) is 9.78 Å². The van der Waals surface area contributed by atoms with Crippen LogP contribution in [0, 0.1) is 6.92 Å². The smallest absolute Gasteiger partial charge is 0.410 e. The number of carbonyl (C=O) groups is 1. The number of nitrogens with zero attached hydrogens (tertiary/aromatic N) is 3. The minimum atomic E-state index is -0.760. The van der Waals surface area contributed by atoms with E-state index in [1.807, 2.05) is 33.8 Å². The maximum atomic E-state index is 12.1. The van der Waals surface area contributed by atoms with Crippen LogP contribution < -0.4 is 4.90 Å². The van der Waals surface area contributed by atoms with Crippen LogP contribution in [0.1, 0.15) is 31.9 Å². The molecule has 7 heteroatoms. The van der Waals surface area contributed by atoms with Gasteiger partial charge in [-0.15, -0.1) is 0 Å². The van der Waals surface area contributed by atoms with Gasteiger partial charge in [0.2, 0.25) is 0 Å². The molecule has 1 atom stereocenters. The van der Waals surface area contributed by atoms with Crippen LogP contribution in [-0.2, 0) is 11.2 Å². The number of rotatable bonds is 4. The SMILES string of the molecule is Cc1cc(C[C@@H](O)CO)cnc1N1CCN(C(=O)OC(C)(C)C)CC1. The topological polar surface area (TPSA) is 86.1 Å². The van der Waals surface area contributed by atoms with Crippen LogP contribution in [0.3, 0.4) is 0 Å².